The van der Waals surface area contributed by atoms with Gasteiger partial charge in [0.2, 0.25) is 41.2 Å². The molecule has 10 N–H and O–H groups in total. The molecule has 0 aliphatic carbocycles. The van der Waals surface area contributed by atoms with Crippen LogP contribution in [-0.2, 0) is 67.3 Å². The molecular formula is C50H69N9O12. The van der Waals surface area contributed by atoms with Crippen LogP contribution in [-0.4, -0.2) is 115 Å². The van der Waals surface area contributed by atoms with Crippen molar-refractivity contribution >= 4 is 59.1 Å². The zero-order valence-corrected chi connectivity index (χ0v) is 41.4. The first kappa shape index (κ1) is 57.9. The Hall–Kier alpha value is -7.45. The maximum atomic E-state index is 14.7. The van der Waals surface area contributed by atoms with E-state index >= 15 is 0 Å². The van der Waals surface area contributed by atoms with Crippen LogP contribution in [0.25, 0.3) is 0 Å². The molecule has 7 amide bonds. The van der Waals surface area contributed by atoms with Gasteiger partial charge in [0.05, 0.1) is 30.9 Å². The Balaban J connectivity index is 2.03. The number of hydrogen-bond acceptors (Lipinski definition) is 11. The molecule has 71 heavy (non-hydrogen) atoms. The molecule has 0 spiro atoms. The zero-order chi connectivity index (χ0) is 53.0. The van der Waals surface area contributed by atoms with Crippen LogP contribution in [0.2, 0.25) is 0 Å². The Morgan fingerprint density at radius 2 is 1.24 bits per heavy atom. The average molecular weight is 988 g/mol. The number of benzene rings is 2. The predicted octanol–water partition coefficient (Wildman–Crippen LogP) is 1.61. The monoisotopic (exact) mass is 988 g/mol. The van der Waals surface area contributed by atoms with Crippen LogP contribution in [0.15, 0.2) is 67.1 Å². The summed E-state index contributed by atoms with van der Waals surface area (Å²) in [6.45, 7) is 12.7. The predicted molar refractivity (Wildman–Crippen MR) is 260 cm³/mol. The summed E-state index contributed by atoms with van der Waals surface area (Å²) in [5, 5.41) is 34.3. The number of aromatic nitrogens is 2. The lowest BCUT2D eigenvalue weighted by Crippen LogP contribution is -2.62. The van der Waals surface area contributed by atoms with Gasteiger partial charge in [-0.3, -0.25) is 47.9 Å². The van der Waals surface area contributed by atoms with Gasteiger partial charge in [-0.05, 0) is 47.8 Å². The molecular weight excluding hydrogens is 919 g/mol. The second-order valence-corrected chi connectivity index (χ2v) is 19.0. The van der Waals surface area contributed by atoms with E-state index in [1.165, 1.54) is 6.33 Å². The normalized spacial score (nSPS) is 13.8. The van der Waals surface area contributed by atoms with E-state index in [1.54, 1.807) is 62.7 Å². The first-order valence-corrected chi connectivity index (χ1v) is 23.6. The van der Waals surface area contributed by atoms with Crippen LogP contribution < -0.4 is 37.6 Å². The third-order valence-corrected chi connectivity index (χ3v) is 11.3. The van der Waals surface area contributed by atoms with Gasteiger partial charge in [-0.2, -0.15) is 0 Å². The number of aryl methyl sites for hydroxylation is 1. The highest BCUT2D eigenvalue weighted by atomic mass is 16.4. The number of carbonyl (C=O) groups excluding carboxylic acids is 8. The van der Waals surface area contributed by atoms with Gasteiger partial charge in [-0.1, -0.05) is 109 Å². The lowest BCUT2D eigenvalue weighted by molar-refractivity contribution is -0.142. The van der Waals surface area contributed by atoms with Gasteiger partial charge in [0.1, 0.15) is 30.2 Å². The van der Waals surface area contributed by atoms with Gasteiger partial charge in [-0.25, -0.2) is 4.98 Å². The summed E-state index contributed by atoms with van der Waals surface area (Å²) in [5.41, 5.74) is 6.88. The van der Waals surface area contributed by atoms with Crippen molar-refractivity contribution in [3.8, 4) is 0 Å². The van der Waals surface area contributed by atoms with E-state index in [2.05, 4.69) is 36.9 Å². The number of nitrogens with zero attached hydrogens (tertiary/aromatic N) is 2. The summed E-state index contributed by atoms with van der Waals surface area (Å²) < 4.78 is 1.74. The van der Waals surface area contributed by atoms with Crippen LogP contribution in [0.5, 0.6) is 0 Å². The SMILES string of the molecule is CCCC[C@H](NC(=O)[C@H](CC(C)C)NC(=O)[C@@H](NC(=O)[C@H](Cc1ccccc1C)NC(=O)[C@H](Cc1cn(Cc2ccccc2)cn1)NC(=O)[C@H](CC(=O)O)NC(=O)CCC(=O)O)C(C)(C)C)C(=O)C(N)=O. The highest BCUT2D eigenvalue weighted by molar-refractivity contribution is 6.37. The number of carboxylic acids is 2. The number of Topliss-reactive ketones (excluding diaryl/α,β-unsaturated/α-hetero) is 1. The van der Waals surface area contributed by atoms with E-state index in [0.717, 1.165) is 11.1 Å². The molecule has 1 aromatic heterocycles. The van der Waals surface area contributed by atoms with E-state index in [1.807, 2.05) is 51.1 Å². The molecule has 21 heteroatoms. The molecule has 3 rings (SSSR count). The molecule has 0 aliphatic rings. The number of nitrogens with two attached hydrogens (primary N) is 1. The maximum absolute atomic E-state index is 14.7. The standard InChI is InChI=1S/C50H69N9O12/c1-8-9-19-34(42(65)44(51)66)54-45(67)35(22-29(2)3)57-49(71)43(50(5,6)7)58-48(70)36(23-32-18-14-13-15-30(32)4)55-46(68)37(24-33-27-59(28-52-33)26-31-16-11-10-12-17-31)56-47(69)38(25-41(63)64)53-39(60)20-21-40(61)62/h10-18,27-29,34-38,43H,8-9,19-26H2,1-7H3,(H2,51,66)(H,53,60)(H,54,67)(H,55,68)(H,56,69)(H,57,71)(H,58,70)(H,61,62)(H,63,64)/t34-,35-,36-,37-,38-,43+/m0/s1. The summed E-state index contributed by atoms with van der Waals surface area (Å²) in [6.07, 6.45) is 2.05. The number of nitrogens with one attached hydrogen (secondary N) is 6. The summed E-state index contributed by atoms with van der Waals surface area (Å²) >= 11 is 0. The van der Waals surface area contributed by atoms with Gasteiger partial charge in [0, 0.05) is 32.0 Å². The van der Waals surface area contributed by atoms with Gasteiger partial charge < -0.3 is 52.4 Å². The fourth-order valence-corrected chi connectivity index (χ4v) is 7.49. The van der Waals surface area contributed by atoms with E-state index in [4.69, 9.17) is 10.8 Å². The number of primary amides is 1. The second kappa shape index (κ2) is 27.7. The van der Waals surface area contributed by atoms with Gasteiger partial charge >= 0.3 is 11.9 Å². The highest BCUT2D eigenvalue weighted by Gasteiger charge is 2.39. The Bertz CT molecular complexity index is 2360. The molecule has 3 aromatic rings. The molecule has 0 bridgehead atoms. The average Bonchev–Trinajstić information content (AvgIpc) is 3.73. The maximum Gasteiger partial charge on any atom is 0.305 e. The Labute approximate surface area is 413 Å². The molecule has 21 nitrogen and oxygen atoms in total. The molecule has 0 fully saturated rings. The smallest absolute Gasteiger partial charge is 0.305 e. The van der Waals surface area contributed by atoms with Crippen molar-refractivity contribution in [1.82, 2.24) is 41.5 Å². The van der Waals surface area contributed by atoms with Crippen LogP contribution in [0.3, 0.4) is 0 Å². The van der Waals surface area contributed by atoms with E-state index < -0.39 is 120 Å². The summed E-state index contributed by atoms with van der Waals surface area (Å²) in [4.78, 5) is 136. The highest BCUT2D eigenvalue weighted by Crippen LogP contribution is 2.21. The Kier molecular flexibility index (Phi) is 22.5. The largest absolute Gasteiger partial charge is 0.481 e. The van der Waals surface area contributed by atoms with E-state index in [-0.39, 0.29) is 31.6 Å². The molecule has 0 unspecified atom stereocenters. The van der Waals surface area contributed by atoms with E-state index in [9.17, 15) is 53.1 Å². The molecule has 0 saturated carbocycles. The number of aliphatic carboxylic acids is 2. The molecule has 1 heterocycles. The molecule has 2 aromatic carbocycles. The van der Waals surface area contributed by atoms with Crippen LogP contribution >= 0.6 is 0 Å². The van der Waals surface area contributed by atoms with Crippen molar-refractivity contribution < 1.29 is 58.2 Å². The number of carbonyl (C=O) groups is 10. The molecule has 386 valence electrons. The minimum Gasteiger partial charge on any atom is -0.481 e. The Morgan fingerprint density at radius 3 is 1.82 bits per heavy atom. The van der Waals surface area contributed by atoms with Crippen molar-refractivity contribution in [2.75, 3.05) is 0 Å². The first-order valence-electron chi connectivity index (χ1n) is 23.6. The van der Waals surface area contributed by atoms with Crippen molar-refractivity contribution in [1.29, 1.82) is 0 Å². The topological polar surface area (TPSA) is 327 Å². The van der Waals surface area contributed by atoms with Crippen LogP contribution in [0, 0.1) is 18.3 Å². The minimum absolute atomic E-state index is 0.108. The Morgan fingerprint density at radius 1 is 0.676 bits per heavy atom. The van der Waals surface area contributed by atoms with E-state index in [0.29, 0.717) is 30.6 Å². The summed E-state index contributed by atoms with van der Waals surface area (Å²) in [7, 11) is 0. The molecule has 6 atom stereocenters. The number of rotatable bonds is 29. The third-order valence-electron chi connectivity index (χ3n) is 11.3. The number of imidazole rings is 1. The first-order chi connectivity index (χ1) is 33.4. The van der Waals surface area contributed by atoms with Crippen molar-refractivity contribution in [2.45, 2.75) is 149 Å². The van der Waals surface area contributed by atoms with Crippen molar-refractivity contribution in [3.05, 3.63) is 89.5 Å². The van der Waals surface area contributed by atoms with Gasteiger partial charge in [-0.15, -0.1) is 0 Å². The van der Waals surface area contributed by atoms with Gasteiger partial charge in [0.25, 0.3) is 5.91 Å². The third kappa shape index (κ3) is 19.8. The van der Waals surface area contributed by atoms with Gasteiger partial charge in [0.15, 0.2) is 0 Å². The zero-order valence-electron chi connectivity index (χ0n) is 41.4. The minimum atomic E-state index is -1.75. The number of hydrogen-bond donors (Lipinski definition) is 9. The van der Waals surface area contributed by atoms with Crippen LogP contribution in [0.1, 0.15) is 109 Å². The number of amides is 7. The molecule has 0 radical (unpaired) electrons. The van der Waals surface area contributed by atoms with Crippen LogP contribution in [0.4, 0.5) is 0 Å². The summed E-state index contributed by atoms with van der Waals surface area (Å²) in [6, 6.07) is 7.92. The molecule has 0 saturated heterocycles. The molecule has 0 aliphatic heterocycles. The lowest BCUT2D eigenvalue weighted by atomic mass is 9.85. The number of ketones is 1. The van der Waals surface area contributed by atoms with Crippen molar-refractivity contribution in [3.63, 3.8) is 0 Å². The number of unbranched alkanes of at least 4 members (excludes halogenated alkanes) is 1. The van der Waals surface area contributed by atoms with Crippen molar-refractivity contribution in [2.24, 2.45) is 17.1 Å². The quantitative estimate of drug-likeness (QED) is 0.0447. The summed E-state index contributed by atoms with van der Waals surface area (Å²) in [5.74, 6) is -10.4. The number of carboxylic acid groups (broad SMARTS) is 2. The lowest BCUT2D eigenvalue weighted by Gasteiger charge is -2.34. The fraction of sp³-hybridized carbons (Fsp3) is 0.500. The fourth-order valence-electron chi connectivity index (χ4n) is 7.49. The second-order valence-electron chi connectivity index (χ2n) is 19.0.